The first-order valence-electron chi connectivity index (χ1n) is 13.8. The second kappa shape index (κ2) is 24.7. The van der Waals surface area contributed by atoms with Gasteiger partial charge >= 0.3 is 5.97 Å². The smallest absolute Gasteiger partial charge is 0.305 e. The van der Waals surface area contributed by atoms with Gasteiger partial charge in [0.05, 0.1) is 7.11 Å². The minimum atomic E-state index is -0.0619. The second-order valence-electron chi connectivity index (χ2n) is 9.73. The summed E-state index contributed by atoms with van der Waals surface area (Å²) in [5, 5.41) is 0. The maximum atomic E-state index is 11.0. The second-order valence-corrected chi connectivity index (χ2v) is 9.73. The molecule has 30 heavy (non-hydrogen) atoms. The molecule has 0 aliphatic rings. The van der Waals surface area contributed by atoms with E-state index in [0.29, 0.717) is 6.42 Å². The van der Waals surface area contributed by atoms with Crippen LogP contribution in [-0.4, -0.2) is 13.1 Å². The molecule has 0 saturated carbocycles. The molecule has 0 rings (SSSR count). The minimum absolute atomic E-state index is 0.0619. The fraction of sp³-hybridized carbons (Fsp3) is 0.964. The van der Waals surface area contributed by atoms with Gasteiger partial charge in [-0.15, -0.1) is 0 Å². The van der Waals surface area contributed by atoms with E-state index in [9.17, 15) is 4.79 Å². The summed E-state index contributed by atoms with van der Waals surface area (Å²) in [6.45, 7) is 4.76. The van der Waals surface area contributed by atoms with Crippen LogP contribution in [0, 0.1) is 5.92 Å². The molecule has 0 radical (unpaired) electrons. The fourth-order valence-electron chi connectivity index (χ4n) is 4.40. The molecule has 0 spiro atoms. The summed E-state index contributed by atoms with van der Waals surface area (Å²) >= 11 is 0. The molecular formula is C28H56O2. The molecule has 2 heteroatoms. The number of carbonyl (C=O) groups excluding carboxylic acids is 1. The third-order valence-electron chi connectivity index (χ3n) is 6.61. The van der Waals surface area contributed by atoms with Gasteiger partial charge in [-0.1, -0.05) is 149 Å². The van der Waals surface area contributed by atoms with Gasteiger partial charge in [0.1, 0.15) is 0 Å². The van der Waals surface area contributed by atoms with Gasteiger partial charge in [-0.3, -0.25) is 4.79 Å². The van der Waals surface area contributed by atoms with Crippen molar-refractivity contribution in [1.82, 2.24) is 0 Å². The highest BCUT2D eigenvalue weighted by Crippen LogP contribution is 2.18. The standard InChI is InChI=1S/C28H56O2/c1-4-5-6-21-24-27(2)25-22-19-17-15-13-11-9-7-8-10-12-14-16-18-20-23-26-28(29)30-3/h27H,4-26H2,1-3H3. The molecule has 0 aromatic carbocycles. The van der Waals surface area contributed by atoms with Crippen LogP contribution in [0.5, 0.6) is 0 Å². The largest absolute Gasteiger partial charge is 0.469 e. The Labute approximate surface area is 190 Å². The topological polar surface area (TPSA) is 26.3 Å². The van der Waals surface area contributed by atoms with Crippen LogP contribution in [-0.2, 0) is 9.53 Å². The maximum Gasteiger partial charge on any atom is 0.305 e. The van der Waals surface area contributed by atoms with Gasteiger partial charge in [0, 0.05) is 6.42 Å². The first-order chi connectivity index (χ1) is 14.7. The van der Waals surface area contributed by atoms with E-state index < -0.39 is 0 Å². The van der Waals surface area contributed by atoms with Crippen molar-refractivity contribution in [2.75, 3.05) is 7.11 Å². The van der Waals surface area contributed by atoms with Gasteiger partial charge in [-0.2, -0.15) is 0 Å². The van der Waals surface area contributed by atoms with Gasteiger partial charge in [0.2, 0.25) is 0 Å². The molecule has 0 N–H and O–H groups in total. The molecule has 1 atom stereocenters. The summed E-state index contributed by atoms with van der Waals surface area (Å²) in [7, 11) is 1.47. The van der Waals surface area contributed by atoms with Crippen molar-refractivity contribution in [2.45, 2.75) is 162 Å². The Balaban J connectivity index is 3.10. The summed E-state index contributed by atoms with van der Waals surface area (Å²) in [4.78, 5) is 11.0. The third-order valence-corrected chi connectivity index (χ3v) is 6.61. The van der Waals surface area contributed by atoms with E-state index in [1.165, 1.54) is 142 Å². The first kappa shape index (κ1) is 29.5. The van der Waals surface area contributed by atoms with Crippen molar-refractivity contribution < 1.29 is 9.53 Å². The van der Waals surface area contributed by atoms with E-state index >= 15 is 0 Å². The Bertz CT molecular complexity index is 340. The Hall–Kier alpha value is -0.530. The number of carbonyl (C=O) groups is 1. The molecule has 0 aromatic heterocycles. The van der Waals surface area contributed by atoms with Crippen molar-refractivity contribution in [3.63, 3.8) is 0 Å². The zero-order chi connectivity index (χ0) is 22.1. The zero-order valence-corrected chi connectivity index (χ0v) is 21.2. The summed E-state index contributed by atoms with van der Waals surface area (Å²) in [5.74, 6) is 0.890. The minimum Gasteiger partial charge on any atom is -0.469 e. The van der Waals surface area contributed by atoms with Crippen molar-refractivity contribution in [3.8, 4) is 0 Å². The lowest BCUT2D eigenvalue weighted by atomic mass is 9.96. The highest BCUT2D eigenvalue weighted by Gasteiger charge is 2.02. The van der Waals surface area contributed by atoms with Crippen molar-refractivity contribution >= 4 is 5.97 Å². The van der Waals surface area contributed by atoms with E-state index in [4.69, 9.17) is 0 Å². The molecule has 180 valence electrons. The molecule has 0 heterocycles. The number of rotatable bonds is 24. The van der Waals surface area contributed by atoms with Crippen molar-refractivity contribution in [1.29, 1.82) is 0 Å². The van der Waals surface area contributed by atoms with Crippen molar-refractivity contribution in [2.24, 2.45) is 5.92 Å². The maximum absolute atomic E-state index is 11.0. The molecule has 0 amide bonds. The molecule has 0 saturated heterocycles. The fourth-order valence-corrected chi connectivity index (χ4v) is 4.40. The van der Waals surface area contributed by atoms with Crippen LogP contribution in [0.4, 0.5) is 0 Å². The molecule has 0 aliphatic heterocycles. The third kappa shape index (κ3) is 23.7. The SMILES string of the molecule is CCCCCCC(C)CCCCCCCCCCCCCCCCCCC(=O)OC. The van der Waals surface area contributed by atoms with E-state index in [0.717, 1.165) is 12.3 Å². The molecular weight excluding hydrogens is 368 g/mol. The number of hydrogen-bond acceptors (Lipinski definition) is 2. The zero-order valence-electron chi connectivity index (χ0n) is 21.2. The normalized spacial score (nSPS) is 12.2. The molecule has 1 unspecified atom stereocenters. The summed E-state index contributed by atoms with van der Waals surface area (Å²) in [6.07, 6.45) is 31.2. The molecule has 0 aliphatic carbocycles. The molecule has 2 nitrogen and oxygen atoms in total. The lowest BCUT2D eigenvalue weighted by Crippen LogP contribution is -1.99. The predicted molar refractivity (Wildman–Crippen MR) is 133 cm³/mol. The first-order valence-corrected chi connectivity index (χ1v) is 13.8. The highest BCUT2D eigenvalue weighted by atomic mass is 16.5. The number of unbranched alkanes of at least 4 members (excludes halogenated alkanes) is 18. The summed E-state index contributed by atoms with van der Waals surface area (Å²) < 4.78 is 4.66. The van der Waals surface area contributed by atoms with Gasteiger partial charge in [-0.05, 0) is 12.3 Å². The average molecular weight is 425 g/mol. The Morgan fingerprint density at radius 3 is 1.27 bits per heavy atom. The van der Waals surface area contributed by atoms with E-state index in [-0.39, 0.29) is 5.97 Å². The molecule has 0 bridgehead atoms. The summed E-state index contributed by atoms with van der Waals surface area (Å²) in [6, 6.07) is 0. The number of hydrogen-bond donors (Lipinski definition) is 0. The van der Waals surface area contributed by atoms with E-state index in [1.54, 1.807) is 0 Å². The van der Waals surface area contributed by atoms with Crippen LogP contribution in [0.2, 0.25) is 0 Å². The van der Waals surface area contributed by atoms with Gasteiger partial charge < -0.3 is 4.74 Å². The van der Waals surface area contributed by atoms with Crippen LogP contribution in [0.15, 0.2) is 0 Å². The number of ether oxygens (including phenoxy) is 1. The van der Waals surface area contributed by atoms with E-state index in [1.807, 2.05) is 0 Å². The van der Waals surface area contributed by atoms with Crippen LogP contribution in [0.1, 0.15) is 162 Å². The lowest BCUT2D eigenvalue weighted by molar-refractivity contribution is -0.140. The molecule has 0 fully saturated rings. The van der Waals surface area contributed by atoms with Crippen LogP contribution >= 0.6 is 0 Å². The Kier molecular flexibility index (Phi) is 24.3. The van der Waals surface area contributed by atoms with Crippen molar-refractivity contribution in [3.05, 3.63) is 0 Å². The van der Waals surface area contributed by atoms with Crippen LogP contribution in [0.25, 0.3) is 0 Å². The predicted octanol–water partition coefficient (Wildman–Crippen LogP) is 9.79. The quantitative estimate of drug-likeness (QED) is 0.114. The number of esters is 1. The van der Waals surface area contributed by atoms with Gasteiger partial charge in [-0.25, -0.2) is 0 Å². The van der Waals surface area contributed by atoms with Gasteiger partial charge in [0.15, 0.2) is 0 Å². The Morgan fingerprint density at radius 1 is 0.567 bits per heavy atom. The number of methoxy groups -OCH3 is 1. The van der Waals surface area contributed by atoms with E-state index in [2.05, 4.69) is 18.6 Å². The molecule has 0 aromatic rings. The Morgan fingerprint density at radius 2 is 0.900 bits per heavy atom. The van der Waals surface area contributed by atoms with Crippen LogP contribution < -0.4 is 0 Å². The van der Waals surface area contributed by atoms with Gasteiger partial charge in [0.25, 0.3) is 0 Å². The monoisotopic (exact) mass is 424 g/mol. The van der Waals surface area contributed by atoms with Crippen LogP contribution in [0.3, 0.4) is 0 Å². The lowest BCUT2D eigenvalue weighted by Gasteiger charge is -2.10. The average Bonchev–Trinajstić information content (AvgIpc) is 2.75. The highest BCUT2D eigenvalue weighted by molar-refractivity contribution is 5.68. The summed E-state index contributed by atoms with van der Waals surface area (Å²) in [5.41, 5.74) is 0.